The van der Waals surface area contributed by atoms with Crippen LogP contribution in [0.1, 0.15) is 22.6 Å². The van der Waals surface area contributed by atoms with Crippen molar-refractivity contribution >= 4 is 39.2 Å². The molecule has 4 rings (SSSR count). The van der Waals surface area contributed by atoms with E-state index in [0.717, 1.165) is 17.7 Å². The molecule has 0 bridgehead atoms. The van der Waals surface area contributed by atoms with Crippen LogP contribution in [0.5, 0.6) is 0 Å². The molecule has 198 valence electrons. The molecule has 0 aliphatic carbocycles. The molecule has 0 spiro atoms. The van der Waals surface area contributed by atoms with E-state index in [9.17, 15) is 26.4 Å². The Balaban J connectivity index is 1.75. The molecule has 0 saturated carbocycles. The van der Waals surface area contributed by atoms with Gasteiger partial charge in [-0.15, -0.1) is 0 Å². The van der Waals surface area contributed by atoms with Gasteiger partial charge in [0.15, 0.2) is 0 Å². The minimum atomic E-state index is -4.51. The normalized spacial score (nSPS) is 16.3. The Kier molecular flexibility index (Phi) is 7.74. The van der Waals surface area contributed by atoms with Gasteiger partial charge in [-0.1, -0.05) is 60.1 Å². The van der Waals surface area contributed by atoms with Gasteiger partial charge >= 0.3 is 6.18 Å². The van der Waals surface area contributed by atoms with Gasteiger partial charge in [-0.2, -0.15) is 18.3 Å². The van der Waals surface area contributed by atoms with Crippen molar-refractivity contribution < 1.29 is 26.4 Å². The number of primary amides is 1. The van der Waals surface area contributed by atoms with Crippen LogP contribution in [-0.2, 0) is 21.0 Å². The first kappa shape index (κ1) is 27.1. The number of hydrazone groups is 1. The van der Waals surface area contributed by atoms with Crippen LogP contribution in [0, 0.1) is 0 Å². The lowest BCUT2D eigenvalue weighted by atomic mass is 9.90. The lowest BCUT2D eigenvalue weighted by Crippen LogP contribution is -2.42. The molecule has 1 heterocycles. The van der Waals surface area contributed by atoms with Gasteiger partial charge in [-0.3, -0.25) is 4.79 Å². The molecule has 1 unspecified atom stereocenters. The number of carbonyl (C=O) groups excluding carboxylic acids is 1. The molecule has 0 fully saturated rings. The second-order valence-electron chi connectivity index (χ2n) is 8.27. The number of halogens is 4. The number of sulfonamides is 1. The molecule has 0 saturated heterocycles. The molecule has 3 aromatic carbocycles. The summed E-state index contributed by atoms with van der Waals surface area (Å²) in [5.41, 5.74) is 6.00. The number of hydrogen-bond donors (Lipinski definition) is 2. The zero-order valence-corrected chi connectivity index (χ0v) is 21.1. The van der Waals surface area contributed by atoms with E-state index in [1.54, 1.807) is 12.1 Å². The predicted molar refractivity (Wildman–Crippen MR) is 137 cm³/mol. The van der Waals surface area contributed by atoms with Crippen molar-refractivity contribution in [1.29, 1.82) is 0 Å². The number of aliphatic imine (C=N–C) groups is 1. The molecular formula is C25H21ClF3N5O3S. The zero-order chi connectivity index (χ0) is 27.5. The molecule has 3 N–H and O–H groups in total. The summed E-state index contributed by atoms with van der Waals surface area (Å²) in [6, 6.07) is 19.1. The van der Waals surface area contributed by atoms with Crippen molar-refractivity contribution in [2.75, 3.05) is 13.1 Å². The number of rotatable bonds is 6. The third kappa shape index (κ3) is 6.32. The van der Waals surface area contributed by atoms with E-state index in [4.69, 9.17) is 17.3 Å². The SMILES string of the molecule is NC(=O)CN=C(NS(=O)(=O)c1cccc(Cl)c1)N1CC(c2ccccc2)C(c2ccc(C(F)(F)F)cc2)=N1. The molecule has 0 aromatic heterocycles. The highest BCUT2D eigenvalue weighted by molar-refractivity contribution is 7.90. The van der Waals surface area contributed by atoms with Crippen molar-refractivity contribution in [2.45, 2.75) is 17.0 Å². The van der Waals surface area contributed by atoms with E-state index >= 15 is 0 Å². The van der Waals surface area contributed by atoms with Crippen LogP contribution in [0.15, 0.2) is 93.9 Å². The molecule has 3 aromatic rings. The molecule has 1 aliphatic heterocycles. The number of carbonyl (C=O) groups is 1. The number of guanidine groups is 1. The van der Waals surface area contributed by atoms with Crippen LogP contribution in [0.4, 0.5) is 13.2 Å². The Labute approximate surface area is 221 Å². The minimum Gasteiger partial charge on any atom is -0.368 e. The number of nitrogens with two attached hydrogens (primary N) is 1. The first-order valence-corrected chi connectivity index (χ1v) is 13.0. The number of nitrogens with one attached hydrogen (secondary N) is 1. The number of alkyl halides is 3. The van der Waals surface area contributed by atoms with Crippen LogP contribution >= 0.6 is 11.6 Å². The Hall–Kier alpha value is -3.90. The van der Waals surface area contributed by atoms with E-state index < -0.39 is 40.1 Å². The summed E-state index contributed by atoms with van der Waals surface area (Å²) >= 11 is 5.94. The maximum Gasteiger partial charge on any atom is 0.416 e. The van der Waals surface area contributed by atoms with E-state index in [-0.39, 0.29) is 22.4 Å². The lowest BCUT2D eigenvalue weighted by Gasteiger charge is -2.19. The quantitative estimate of drug-likeness (QED) is 0.348. The first-order valence-electron chi connectivity index (χ1n) is 11.1. The van der Waals surface area contributed by atoms with Crippen LogP contribution in [0.25, 0.3) is 0 Å². The Morgan fingerprint density at radius 3 is 2.37 bits per heavy atom. The Morgan fingerprint density at radius 2 is 1.76 bits per heavy atom. The smallest absolute Gasteiger partial charge is 0.368 e. The van der Waals surface area contributed by atoms with Crippen molar-refractivity contribution in [3.8, 4) is 0 Å². The summed E-state index contributed by atoms with van der Waals surface area (Å²) in [5.74, 6) is -1.55. The van der Waals surface area contributed by atoms with Crippen LogP contribution in [0.2, 0.25) is 5.02 Å². The fraction of sp³-hybridized carbons (Fsp3) is 0.160. The number of hydrogen-bond acceptors (Lipinski definition) is 5. The average molecular weight is 564 g/mol. The summed E-state index contributed by atoms with van der Waals surface area (Å²) in [5, 5.41) is 5.95. The first-order chi connectivity index (χ1) is 17.9. The van der Waals surface area contributed by atoms with Crippen molar-refractivity contribution in [1.82, 2.24) is 9.73 Å². The maximum atomic E-state index is 13.1. The number of benzene rings is 3. The molecule has 13 heteroatoms. The van der Waals surface area contributed by atoms with E-state index in [2.05, 4.69) is 14.8 Å². The third-order valence-electron chi connectivity index (χ3n) is 5.59. The number of nitrogens with zero attached hydrogens (tertiary/aromatic N) is 3. The molecule has 1 atom stereocenters. The highest BCUT2D eigenvalue weighted by Gasteiger charge is 2.34. The van der Waals surface area contributed by atoms with Gasteiger partial charge in [-0.05, 0) is 41.5 Å². The van der Waals surface area contributed by atoms with Gasteiger partial charge in [0.05, 0.1) is 22.7 Å². The number of amides is 1. The fourth-order valence-electron chi connectivity index (χ4n) is 3.80. The van der Waals surface area contributed by atoms with E-state index in [0.29, 0.717) is 11.3 Å². The molecular weight excluding hydrogens is 543 g/mol. The second-order valence-corrected chi connectivity index (χ2v) is 10.4. The molecule has 8 nitrogen and oxygen atoms in total. The van der Waals surface area contributed by atoms with Crippen molar-refractivity contribution in [2.24, 2.45) is 15.8 Å². The van der Waals surface area contributed by atoms with E-state index in [1.165, 1.54) is 41.4 Å². The Bertz CT molecular complexity index is 1490. The second kappa shape index (κ2) is 10.8. The molecule has 1 amide bonds. The summed E-state index contributed by atoms with van der Waals surface area (Å²) in [6.45, 7) is -0.457. The van der Waals surface area contributed by atoms with Crippen LogP contribution < -0.4 is 10.5 Å². The average Bonchev–Trinajstić information content (AvgIpc) is 3.32. The van der Waals surface area contributed by atoms with Gasteiger partial charge in [0.1, 0.15) is 6.54 Å². The van der Waals surface area contributed by atoms with E-state index in [1.807, 2.05) is 18.2 Å². The summed E-state index contributed by atoms with van der Waals surface area (Å²) in [6.07, 6.45) is -4.51. The maximum absolute atomic E-state index is 13.1. The van der Waals surface area contributed by atoms with Crippen LogP contribution in [-0.4, -0.2) is 44.1 Å². The van der Waals surface area contributed by atoms with Gasteiger partial charge in [-0.25, -0.2) is 23.1 Å². The largest absolute Gasteiger partial charge is 0.416 e. The van der Waals surface area contributed by atoms with Gasteiger partial charge in [0, 0.05) is 10.9 Å². The third-order valence-corrected chi connectivity index (χ3v) is 7.15. The minimum absolute atomic E-state index is 0.0794. The van der Waals surface area contributed by atoms with Crippen molar-refractivity contribution in [3.05, 3.63) is 101 Å². The standard InChI is InChI=1S/C25H21ClF3N5O3S/c26-19-7-4-8-20(13-19)38(36,37)33-24(31-14-22(30)35)34-15-21(16-5-2-1-3-6-16)23(32-34)17-9-11-18(12-10-17)25(27,28)29/h1-13,21H,14-15H2,(H2,30,35)(H,31,33). The molecule has 1 aliphatic rings. The van der Waals surface area contributed by atoms with Gasteiger partial charge < -0.3 is 5.73 Å². The molecule has 0 radical (unpaired) electrons. The lowest BCUT2D eigenvalue weighted by molar-refractivity contribution is -0.137. The van der Waals surface area contributed by atoms with Crippen molar-refractivity contribution in [3.63, 3.8) is 0 Å². The topological polar surface area (TPSA) is 117 Å². The molecule has 38 heavy (non-hydrogen) atoms. The summed E-state index contributed by atoms with van der Waals surface area (Å²) in [4.78, 5) is 15.3. The van der Waals surface area contributed by atoms with Gasteiger partial charge in [0.25, 0.3) is 10.0 Å². The zero-order valence-electron chi connectivity index (χ0n) is 19.6. The highest BCUT2D eigenvalue weighted by Crippen LogP contribution is 2.32. The van der Waals surface area contributed by atoms with Gasteiger partial charge in [0.2, 0.25) is 11.9 Å². The fourth-order valence-corrected chi connectivity index (χ4v) is 5.13. The van der Waals surface area contributed by atoms with Crippen LogP contribution in [0.3, 0.4) is 0 Å². The summed E-state index contributed by atoms with van der Waals surface area (Å²) < 4.78 is 67.8. The summed E-state index contributed by atoms with van der Waals surface area (Å²) in [7, 11) is -4.21. The predicted octanol–water partition coefficient (Wildman–Crippen LogP) is 3.98. The highest BCUT2D eigenvalue weighted by atomic mass is 35.5. The Morgan fingerprint density at radius 1 is 1.08 bits per heavy atom. The monoisotopic (exact) mass is 563 g/mol.